The number of benzene rings is 1. The number of likely N-dealkylation sites (N-methyl/N-ethyl adjacent to an activating group) is 1. The van der Waals surface area contributed by atoms with Crippen molar-refractivity contribution in [1.29, 1.82) is 0 Å². The molecular weight excluding hydrogens is 350 g/mol. The van der Waals surface area contributed by atoms with Gasteiger partial charge in [-0.1, -0.05) is 0 Å². The number of aromatic nitrogens is 2. The van der Waals surface area contributed by atoms with Gasteiger partial charge in [0.15, 0.2) is 11.6 Å². The summed E-state index contributed by atoms with van der Waals surface area (Å²) in [7, 11) is 2.12. The number of halogens is 2. The zero-order valence-corrected chi connectivity index (χ0v) is 15.2. The molecule has 2 fully saturated rings. The number of hydrogen-bond donors (Lipinski definition) is 2. The molecule has 142 valence electrons. The van der Waals surface area contributed by atoms with Gasteiger partial charge in [0.2, 0.25) is 0 Å². The van der Waals surface area contributed by atoms with E-state index in [0.717, 1.165) is 56.2 Å². The first-order valence-corrected chi connectivity index (χ1v) is 9.34. The van der Waals surface area contributed by atoms with Gasteiger partial charge in [-0.2, -0.15) is 0 Å². The minimum absolute atomic E-state index is 0.297. The Balaban J connectivity index is 1.55. The van der Waals surface area contributed by atoms with Crippen LogP contribution in [0, 0.1) is 11.6 Å². The number of rotatable bonds is 3. The van der Waals surface area contributed by atoms with E-state index in [2.05, 4.69) is 43.3 Å². The van der Waals surface area contributed by atoms with E-state index in [4.69, 9.17) is 0 Å². The molecule has 0 radical (unpaired) electrons. The van der Waals surface area contributed by atoms with E-state index in [1.54, 1.807) is 0 Å². The maximum atomic E-state index is 13.8. The van der Waals surface area contributed by atoms with Crippen LogP contribution in [0.25, 0.3) is 16.6 Å². The maximum absolute atomic E-state index is 13.8. The third kappa shape index (κ3) is 2.93. The minimum atomic E-state index is -0.861. The molecule has 2 N–H and O–H groups in total. The molecule has 2 aliphatic heterocycles. The Morgan fingerprint density at radius 1 is 1.07 bits per heavy atom. The summed E-state index contributed by atoms with van der Waals surface area (Å²) < 4.78 is 29.6. The molecule has 8 heteroatoms. The summed E-state index contributed by atoms with van der Waals surface area (Å²) >= 11 is 0. The van der Waals surface area contributed by atoms with Crippen molar-refractivity contribution >= 4 is 16.6 Å². The summed E-state index contributed by atoms with van der Waals surface area (Å²) in [6.07, 6.45) is 5.98. The van der Waals surface area contributed by atoms with Crippen molar-refractivity contribution in [2.45, 2.75) is 18.9 Å². The topological polar surface area (TPSA) is 48.4 Å². The van der Waals surface area contributed by atoms with Crippen molar-refractivity contribution in [1.82, 2.24) is 30.2 Å². The largest absolute Gasteiger partial charge is 0.355 e. The lowest BCUT2D eigenvalue weighted by molar-refractivity contribution is 0.175. The van der Waals surface area contributed by atoms with E-state index >= 15 is 0 Å². The maximum Gasteiger partial charge on any atom is 0.161 e. The monoisotopic (exact) mass is 372 g/mol. The zero-order chi connectivity index (χ0) is 18.5. The number of allylic oxidation sites excluding steroid dienone is 2. The fourth-order valence-corrected chi connectivity index (χ4v) is 3.76. The first kappa shape index (κ1) is 16.6. The highest BCUT2D eigenvalue weighted by atomic mass is 19.2. The Labute approximate surface area is 156 Å². The molecule has 27 heavy (non-hydrogen) atoms. The molecule has 1 aliphatic carbocycles. The Morgan fingerprint density at radius 3 is 2.56 bits per heavy atom. The predicted octanol–water partition coefficient (Wildman–Crippen LogP) is 2.19. The Morgan fingerprint density at radius 2 is 1.81 bits per heavy atom. The Bertz CT molecular complexity index is 951. The van der Waals surface area contributed by atoms with Crippen molar-refractivity contribution in [2.75, 3.05) is 33.2 Å². The van der Waals surface area contributed by atoms with Gasteiger partial charge in [0, 0.05) is 56.1 Å². The number of fused-ring (bicyclic) bond motifs is 1. The lowest BCUT2D eigenvalue weighted by atomic mass is 10.2. The Kier molecular flexibility index (Phi) is 3.82. The molecule has 3 aliphatic rings. The standard InChI is InChI=1S/C19H22F2N6/c1-25-4-6-26(7-5-25)18-8-12(11-22-24-18)19-23-16-9-14(20)15(21)10-17(16)27(19)13-2-3-13/h8-11,13,22,24H,2-7H2,1H3. The molecule has 6 nitrogen and oxygen atoms in total. The van der Waals surface area contributed by atoms with Crippen LogP contribution in [0.5, 0.6) is 0 Å². The van der Waals surface area contributed by atoms with Gasteiger partial charge in [-0.15, -0.1) is 0 Å². The Hall–Kier alpha value is -2.61. The van der Waals surface area contributed by atoms with Crippen molar-refractivity contribution in [3.63, 3.8) is 0 Å². The van der Waals surface area contributed by atoms with Gasteiger partial charge in [-0.05, 0) is 26.0 Å². The number of imidazole rings is 1. The average molecular weight is 372 g/mol. The summed E-state index contributed by atoms with van der Waals surface area (Å²) in [5.74, 6) is 0.0491. The molecule has 1 saturated heterocycles. The highest BCUT2D eigenvalue weighted by Gasteiger charge is 2.30. The van der Waals surface area contributed by atoms with Gasteiger partial charge in [0.25, 0.3) is 0 Å². The molecule has 2 aromatic rings. The normalized spacial score (nSPS) is 20.9. The van der Waals surface area contributed by atoms with Gasteiger partial charge in [0.1, 0.15) is 11.6 Å². The van der Waals surface area contributed by atoms with Crippen molar-refractivity contribution in [3.8, 4) is 0 Å². The van der Waals surface area contributed by atoms with Crippen LogP contribution in [0.15, 0.2) is 30.2 Å². The van der Waals surface area contributed by atoms with Crippen LogP contribution in [0.2, 0.25) is 0 Å². The van der Waals surface area contributed by atoms with Crippen LogP contribution >= 0.6 is 0 Å². The van der Waals surface area contributed by atoms with E-state index in [-0.39, 0.29) is 0 Å². The molecule has 1 saturated carbocycles. The van der Waals surface area contributed by atoms with E-state index in [1.165, 1.54) is 12.1 Å². The lowest BCUT2D eigenvalue weighted by Crippen LogP contribution is -2.48. The number of hydrogen-bond acceptors (Lipinski definition) is 5. The van der Waals surface area contributed by atoms with Gasteiger partial charge in [-0.3, -0.25) is 5.43 Å². The molecule has 0 unspecified atom stereocenters. The molecule has 1 aromatic carbocycles. The van der Waals surface area contributed by atoms with Crippen molar-refractivity contribution in [2.24, 2.45) is 0 Å². The first-order chi connectivity index (χ1) is 13.1. The van der Waals surface area contributed by atoms with E-state index in [0.29, 0.717) is 17.1 Å². The molecule has 5 rings (SSSR count). The number of nitrogens with zero attached hydrogens (tertiary/aromatic N) is 4. The highest BCUT2D eigenvalue weighted by Crippen LogP contribution is 2.41. The molecule has 0 amide bonds. The summed E-state index contributed by atoms with van der Waals surface area (Å²) in [6.45, 7) is 3.91. The number of nitrogens with one attached hydrogen (secondary N) is 2. The van der Waals surface area contributed by atoms with Crippen molar-refractivity contribution < 1.29 is 8.78 Å². The van der Waals surface area contributed by atoms with Crippen LogP contribution in [0.1, 0.15) is 24.7 Å². The fraction of sp³-hybridized carbons (Fsp3) is 0.421. The molecule has 3 heterocycles. The van der Waals surface area contributed by atoms with Crippen LogP contribution < -0.4 is 10.9 Å². The average Bonchev–Trinajstić information content (AvgIpc) is 3.45. The predicted molar refractivity (Wildman–Crippen MR) is 99.3 cm³/mol. The third-order valence-electron chi connectivity index (χ3n) is 5.47. The highest BCUT2D eigenvalue weighted by molar-refractivity contribution is 5.83. The first-order valence-electron chi connectivity index (χ1n) is 9.34. The third-order valence-corrected chi connectivity index (χ3v) is 5.47. The summed E-state index contributed by atoms with van der Waals surface area (Å²) in [4.78, 5) is 9.24. The number of hydrazine groups is 1. The number of piperazine rings is 1. The smallest absolute Gasteiger partial charge is 0.161 e. The van der Waals surface area contributed by atoms with E-state index < -0.39 is 11.6 Å². The van der Waals surface area contributed by atoms with Crippen molar-refractivity contribution in [3.05, 3.63) is 47.7 Å². The van der Waals surface area contributed by atoms with Gasteiger partial charge >= 0.3 is 0 Å². The SMILES string of the molecule is CN1CCN(C2=CC(c3nc4cc(F)c(F)cc4n3C3CC3)=CNN2)CC1. The van der Waals surface area contributed by atoms with Crippen LogP contribution in [0.4, 0.5) is 8.78 Å². The summed E-state index contributed by atoms with van der Waals surface area (Å²) in [5, 5.41) is 0. The second kappa shape index (κ2) is 6.23. The molecular formula is C19H22F2N6. The van der Waals surface area contributed by atoms with Crippen LogP contribution in [-0.4, -0.2) is 52.6 Å². The fourth-order valence-electron chi connectivity index (χ4n) is 3.76. The molecule has 1 aromatic heterocycles. The minimum Gasteiger partial charge on any atom is -0.355 e. The molecule has 0 spiro atoms. The summed E-state index contributed by atoms with van der Waals surface area (Å²) in [6, 6.07) is 2.75. The van der Waals surface area contributed by atoms with Crippen LogP contribution in [-0.2, 0) is 0 Å². The van der Waals surface area contributed by atoms with E-state index in [1.807, 2.05) is 6.20 Å². The lowest BCUT2D eigenvalue weighted by Gasteiger charge is -2.36. The second-order valence-electron chi connectivity index (χ2n) is 7.48. The van der Waals surface area contributed by atoms with Crippen LogP contribution in [0.3, 0.4) is 0 Å². The quantitative estimate of drug-likeness (QED) is 0.865. The van der Waals surface area contributed by atoms with Gasteiger partial charge in [0.05, 0.1) is 11.0 Å². The molecule has 0 atom stereocenters. The van der Waals surface area contributed by atoms with Gasteiger partial charge < -0.3 is 19.8 Å². The molecule has 0 bridgehead atoms. The second-order valence-corrected chi connectivity index (χ2v) is 7.48. The van der Waals surface area contributed by atoms with Gasteiger partial charge in [-0.25, -0.2) is 13.8 Å². The summed E-state index contributed by atoms with van der Waals surface area (Å²) in [5.41, 5.74) is 8.37. The van der Waals surface area contributed by atoms with E-state index in [9.17, 15) is 8.78 Å². The zero-order valence-electron chi connectivity index (χ0n) is 15.2.